The zero-order valence-electron chi connectivity index (χ0n) is 25.6. The van der Waals surface area contributed by atoms with Gasteiger partial charge >= 0.3 is 0 Å². The fourth-order valence-corrected chi connectivity index (χ4v) is 7.85. The number of para-hydroxylation sites is 1. The minimum absolute atomic E-state index is 0.924. The molecule has 0 bridgehead atoms. The van der Waals surface area contributed by atoms with E-state index in [1.54, 1.807) is 0 Å². The van der Waals surface area contributed by atoms with Gasteiger partial charge in [0.2, 0.25) is 0 Å². The van der Waals surface area contributed by atoms with E-state index >= 15 is 0 Å². The topological polar surface area (TPSA) is 13.1 Å². The van der Waals surface area contributed by atoms with Crippen LogP contribution in [-0.2, 0) is 0 Å². The first-order valence-corrected chi connectivity index (χ1v) is 16.2. The minimum atomic E-state index is 0.924. The molecule has 0 radical (unpaired) electrons. The average molecular weight is 597 g/mol. The Balaban J connectivity index is 1.24. The third-order valence-corrected chi connectivity index (χ3v) is 9.85. The average Bonchev–Trinajstić information content (AvgIpc) is 3.53. The number of rotatable bonds is 3. The van der Waals surface area contributed by atoms with Crippen molar-refractivity contribution < 1.29 is 4.42 Å². The summed E-state index contributed by atoms with van der Waals surface area (Å²) in [6.45, 7) is 0. The van der Waals surface area contributed by atoms with Crippen molar-refractivity contribution in [3.63, 3.8) is 0 Å². The molecule has 1 heteroatoms. The Bertz CT molecular complexity index is 2790. The van der Waals surface area contributed by atoms with Crippen molar-refractivity contribution in [1.29, 1.82) is 0 Å². The van der Waals surface area contributed by atoms with Crippen molar-refractivity contribution in [2.24, 2.45) is 0 Å². The van der Waals surface area contributed by atoms with Gasteiger partial charge < -0.3 is 4.42 Å². The Hall–Kier alpha value is -6.18. The summed E-state index contributed by atoms with van der Waals surface area (Å²) in [6, 6.07) is 61.6. The molecule has 0 N–H and O–H groups in total. The normalized spacial score (nSPS) is 11.8. The van der Waals surface area contributed by atoms with E-state index in [0.717, 1.165) is 16.6 Å². The van der Waals surface area contributed by atoms with Crippen LogP contribution in [0.5, 0.6) is 0 Å². The summed E-state index contributed by atoms with van der Waals surface area (Å²) < 4.78 is 6.23. The zero-order valence-corrected chi connectivity index (χ0v) is 25.6. The molecule has 9 aromatic carbocycles. The maximum Gasteiger partial charge on any atom is 0.136 e. The molecule has 0 aliphatic heterocycles. The van der Waals surface area contributed by atoms with Gasteiger partial charge in [0, 0.05) is 10.8 Å². The number of fused-ring (bicyclic) bond motifs is 8. The van der Waals surface area contributed by atoms with E-state index in [-0.39, 0.29) is 0 Å². The van der Waals surface area contributed by atoms with Crippen molar-refractivity contribution >= 4 is 65.0 Å². The molecule has 1 heterocycles. The standard InChI is InChI=1S/C46H28O/c1-2-16-32-29(12-1)13-10-23-35(32)45-39-19-5-3-17-37(39)44(38-18-4-6-20-40(38)45)31-15-9-14-30(28-31)33-22-11-24-36-34(33)26-27-43-46(36)41-21-7-8-25-42(41)47-43/h1-28H. The van der Waals surface area contributed by atoms with Crippen LogP contribution >= 0.6 is 0 Å². The van der Waals surface area contributed by atoms with E-state index in [0.29, 0.717) is 0 Å². The van der Waals surface area contributed by atoms with Crippen LogP contribution in [0, 0.1) is 0 Å². The van der Waals surface area contributed by atoms with Crippen LogP contribution in [0.4, 0.5) is 0 Å². The first-order chi connectivity index (χ1) is 23.3. The molecule has 0 unspecified atom stereocenters. The van der Waals surface area contributed by atoms with Gasteiger partial charge in [0.05, 0.1) is 0 Å². The third-order valence-electron chi connectivity index (χ3n) is 9.85. The fraction of sp³-hybridized carbons (Fsp3) is 0. The molecule has 218 valence electrons. The molecule has 0 fully saturated rings. The predicted molar refractivity (Wildman–Crippen MR) is 200 cm³/mol. The largest absolute Gasteiger partial charge is 0.456 e. The highest BCUT2D eigenvalue weighted by atomic mass is 16.3. The second kappa shape index (κ2) is 10.2. The van der Waals surface area contributed by atoms with Crippen molar-refractivity contribution in [2.75, 3.05) is 0 Å². The Morgan fingerprint density at radius 2 is 0.851 bits per heavy atom. The van der Waals surface area contributed by atoms with Crippen molar-refractivity contribution in [3.05, 3.63) is 170 Å². The highest BCUT2D eigenvalue weighted by molar-refractivity contribution is 6.24. The Kier molecular flexibility index (Phi) is 5.64. The molecule has 10 aromatic rings. The third kappa shape index (κ3) is 3.90. The quantitative estimate of drug-likeness (QED) is 0.185. The van der Waals surface area contributed by atoms with Gasteiger partial charge in [0.25, 0.3) is 0 Å². The zero-order chi connectivity index (χ0) is 30.9. The molecule has 47 heavy (non-hydrogen) atoms. The van der Waals surface area contributed by atoms with Crippen molar-refractivity contribution in [2.45, 2.75) is 0 Å². The van der Waals surface area contributed by atoms with Gasteiger partial charge in [-0.2, -0.15) is 0 Å². The number of hydrogen-bond donors (Lipinski definition) is 0. The van der Waals surface area contributed by atoms with Crippen molar-refractivity contribution in [1.82, 2.24) is 0 Å². The Morgan fingerprint density at radius 1 is 0.298 bits per heavy atom. The van der Waals surface area contributed by atoms with Gasteiger partial charge in [0.15, 0.2) is 0 Å². The first kappa shape index (κ1) is 26.1. The summed E-state index contributed by atoms with van der Waals surface area (Å²) in [6.07, 6.45) is 0. The van der Waals surface area contributed by atoms with Gasteiger partial charge in [-0.05, 0) is 94.7 Å². The second-order valence-electron chi connectivity index (χ2n) is 12.4. The molecule has 0 amide bonds. The summed E-state index contributed by atoms with van der Waals surface area (Å²) in [7, 11) is 0. The molecular weight excluding hydrogens is 569 g/mol. The van der Waals surface area contributed by atoms with Gasteiger partial charge in [0.1, 0.15) is 11.2 Å². The summed E-state index contributed by atoms with van der Waals surface area (Å²) in [5.74, 6) is 0. The van der Waals surface area contributed by atoms with Gasteiger partial charge in [-0.3, -0.25) is 0 Å². The number of hydrogen-bond acceptors (Lipinski definition) is 1. The molecule has 0 spiro atoms. The van der Waals surface area contributed by atoms with Crippen LogP contribution < -0.4 is 0 Å². The maximum absolute atomic E-state index is 6.23. The summed E-state index contributed by atoms with van der Waals surface area (Å²) in [5.41, 5.74) is 9.31. The smallest absolute Gasteiger partial charge is 0.136 e. The predicted octanol–water partition coefficient (Wildman–Crippen LogP) is 13.2. The summed E-state index contributed by atoms with van der Waals surface area (Å²) in [4.78, 5) is 0. The molecule has 1 nitrogen and oxygen atoms in total. The maximum atomic E-state index is 6.23. The lowest BCUT2D eigenvalue weighted by Gasteiger charge is -2.19. The van der Waals surface area contributed by atoms with Crippen molar-refractivity contribution in [3.8, 4) is 33.4 Å². The molecule has 0 atom stereocenters. The van der Waals surface area contributed by atoms with E-state index in [4.69, 9.17) is 4.42 Å². The first-order valence-electron chi connectivity index (χ1n) is 16.2. The molecular formula is C46H28O. The van der Waals surface area contributed by atoms with Crippen LogP contribution in [0.2, 0.25) is 0 Å². The highest BCUT2D eigenvalue weighted by Gasteiger charge is 2.19. The molecule has 0 saturated heterocycles. The Morgan fingerprint density at radius 3 is 1.64 bits per heavy atom. The van der Waals surface area contributed by atoms with Gasteiger partial charge in [-0.15, -0.1) is 0 Å². The second-order valence-corrected chi connectivity index (χ2v) is 12.4. The van der Waals surface area contributed by atoms with Gasteiger partial charge in [-0.25, -0.2) is 0 Å². The number of benzene rings is 9. The summed E-state index contributed by atoms with van der Waals surface area (Å²) >= 11 is 0. The van der Waals surface area contributed by atoms with Crippen LogP contribution in [0.25, 0.3) is 98.4 Å². The molecule has 0 saturated carbocycles. The molecule has 0 aliphatic carbocycles. The number of furan rings is 1. The SMILES string of the molecule is c1cc(-c2c3ccccc3c(-c3cccc4ccccc34)c3ccccc23)cc(-c2cccc3c2ccc2oc4ccccc4c23)c1. The van der Waals surface area contributed by atoms with E-state index in [1.807, 2.05) is 6.07 Å². The summed E-state index contributed by atoms with van der Waals surface area (Å²) in [5, 5.41) is 12.4. The lowest BCUT2D eigenvalue weighted by Crippen LogP contribution is -1.92. The van der Waals surface area contributed by atoms with Crippen LogP contribution in [0.15, 0.2) is 174 Å². The van der Waals surface area contributed by atoms with E-state index < -0.39 is 0 Å². The van der Waals surface area contributed by atoms with Crippen LogP contribution in [0.3, 0.4) is 0 Å². The van der Waals surface area contributed by atoms with Crippen LogP contribution in [0.1, 0.15) is 0 Å². The van der Waals surface area contributed by atoms with E-state index in [1.165, 1.54) is 81.9 Å². The Labute approximate surface area is 271 Å². The fourth-order valence-electron chi connectivity index (χ4n) is 7.85. The molecule has 0 aliphatic rings. The lowest BCUT2D eigenvalue weighted by atomic mass is 9.84. The van der Waals surface area contributed by atoms with Gasteiger partial charge in [-0.1, -0.05) is 152 Å². The molecule has 10 rings (SSSR count). The van der Waals surface area contributed by atoms with E-state index in [9.17, 15) is 0 Å². The lowest BCUT2D eigenvalue weighted by molar-refractivity contribution is 0.669. The van der Waals surface area contributed by atoms with Crippen LogP contribution in [-0.4, -0.2) is 0 Å². The minimum Gasteiger partial charge on any atom is -0.456 e. The monoisotopic (exact) mass is 596 g/mol. The molecule has 1 aromatic heterocycles. The van der Waals surface area contributed by atoms with E-state index in [2.05, 4.69) is 164 Å². The highest BCUT2D eigenvalue weighted by Crippen LogP contribution is 2.46.